The average Bonchev–Trinajstić information content (AvgIpc) is 2.99. The molecule has 2 aromatic rings. The third kappa shape index (κ3) is 4.93. The van der Waals surface area contributed by atoms with Crippen LogP contribution in [0.2, 0.25) is 0 Å². The highest BCUT2D eigenvalue weighted by molar-refractivity contribution is 5.45. The van der Waals surface area contributed by atoms with E-state index in [2.05, 4.69) is 48.2 Å². The summed E-state index contributed by atoms with van der Waals surface area (Å²) in [6, 6.07) is 16.7. The molecule has 0 amide bonds. The van der Waals surface area contributed by atoms with E-state index in [0.29, 0.717) is 0 Å². The Bertz CT molecular complexity index is 813. The Labute approximate surface area is 175 Å². The van der Waals surface area contributed by atoms with E-state index >= 15 is 0 Å². The fraction of sp³-hybridized carbons (Fsp3) is 0.520. The molecule has 0 saturated carbocycles. The van der Waals surface area contributed by atoms with E-state index in [1.807, 2.05) is 39.8 Å². The van der Waals surface area contributed by atoms with Gasteiger partial charge < -0.3 is 14.6 Å². The van der Waals surface area contributed by atoms with Crippen molar-refractivity contribution in [3.05, 3.63) is 59.7 Å². The van der Waals surface area contributed by atoms with Gasteiger partial charge in [-0.1, -0.05) is 43.3 Å². The van der Waals surface area contributed by atoms with Gasteiger partial charge >= 0.3 is 0 Å². The lowest BCUT2D eigenvalue weighted by molar-refractivity contribution is 0.0473. The average molecular weight is 398 g/mol. The zero-order chi connectivity index (χ0) is 21.2. The number of nitrogens with zero attached hydrogens (tertiary/aromatic N) is 1. The molecular weight excluding hydrogens is 362 g/mol. The smallest absolute Gasteiger partial charge is 0.162 e. The Morgan fingerprint density at radius 1 is 1.14 bits per heavy atom. The van der Waals surface area contributed by atoms with Crippen LogP contribution in [0.3, 0.4) is 0 Å². The Morgan fingerprint density at radius 3 is 2.41 bits per heavy atom. The van der Waals surface area contributed by atoms with E-state index in [9.17, 15) is 5.11 Å². The zero-order valence-corrected chi connectivity index (χ0v) is 18.6. The number of ether oxygens (including phenoxy) is 2. The molecule has 0 bridgehead atoms. The summed E-state index contributed by atoms with van der Waals surface area (Å²) in [5.41, 5.74) is 1.94. The topological polar surface area (TPSA) is 41.9 Å². The van der Waals surface area contributed by atoms with Crippen molar-refractivity contribution >= 4 is 0 Å². The molecule has 2 aromatic carbocycles. The van der Waals surface area contributed by atoms with Gasteiger partial charge in [0.25, 0.3) is 0 Å². The highest BCUT2D eigenvalue weighted by Crippen LogP contribution is 2.47. The van der Waals surface area contributed by atoms with Crippen molar-refractivity contribution in [2.24, 2.45) is 5.41 Å². The normalized spacial score (nSPS) is 23.8. The van der Waals surface area contributed by atoms with E-state index < -0.39 is 6.10 Å². The third-order valence-electron chi connectivity index (χ3n) is 6.01. The van der Waals surface area contributed by atoms with Crippen LogP contribution in [-0.4, -0.2) is 41.9 Å². The summed E-state index contributed by atoms with van der Waals surface area (Å²) in [5.74, 6) is 1.70. The fourth-order valence-corrected chi connectivity index (χ4v) is 4.31. The van der Waals surface area contributed by atoms with Crippen molar-refractivity contribution in [1.82, 2.24) is 4.90 Å². The number of hydrogen-bond donors (Lipinski definition) is 1. The van der Waals surface area contributed by atoms with Crippen molar-refractivity contribution in [2.45, 2.75) is 58.8 Å². The van der Waals surface area contributed by atoms with Crippen LogP contribution in [0.5, 0.6) is 11.5 Å². The minimum absolute atomic E-state index is 0.208. The summed E-state index contributed by atoms with van der Waals surface area (Å²) >= 11 is 0. The second kappa shape index (κ2) is 8.37. The number of rotatable bonds is 6. The Balaban J connectivity index is 1.91. The first-order valence-electron chi connectivity index (χ1n) is 10.4. The number of benzene rings is 2. The van der Waals surface area contributed by atoms with E-state index in [-0.39, 0.29) is 16.9 Å². The molecule has 1 N–H and O–H groups in total. The van der Waals surface area contributed by atoms with Gasteiger partial charge in [-0.25, -0.2) is 0 Å². The van der Waals surface area contributed by atoms with E-state index in [0.717, 1.165) is 31.1 Å². The molecule has 1 fully saturated rings. The predicted octanol–water partition coefficient (Wildman–Crippen LogP) is 4.86. The second-order valence-electron chi connectivity index (χ2n) is 9.51. The second-order valence-corrected chi connectivity index (χ2v) is 9.51. The summed E-state index contributed by atoms with van der Waals surface area (Å²) in [6.07, 6.45) is -0.414. The molecule has 0 radical (unpaired) electrons. The lowest BCUT2D eigenvalue weighted by atomic mass is 9.72. The monoisotopic (exact) mass is 397 g/mol. The molecule has 3 atom stereocenters. The summed E-state index contributed by atoms with van der Waals surface area (Å²) in [5, 5.41) is 10.7. The highest BCUT2D eigenvalue weighted by atomic mass is 16.5. The van der Waals surface area contributed by atoms with Crippen molar-refractivity contribution < 1.29 is 14.6 Å². The molecule has 4 heteroatoms. The number of methoxy groups -OCH3 is 1. The van der Waals surface area contributed by atoms with Crippen LogP contribution >= 0.6 is 0 Å². The Morgan fingerprint density at radius 2 is 1.83 bits per heavy atom. The van der Waals surface area contributed by atoms with E-state index in [1.54, 1.807) is 7.11 Å². The molecule has 0 aromatic heterocycles. The van der Waals surface area contributed by atoms with Crippen molar-refractivity contribution in [1.29, 1.82) is 0 Å². The minimum atomic E-state index is -0.414. The van der Waals surface area contributed by atoms with Gasteiger partial charge in [-0.05, 0) is 51.0 Å². The number of aliphatic hydroxyl groups is 1. The van der Waals surface area contributed by atoms with Gasteiger partial charge in [-0.15, -0.1) is 0 Å². The minimum Gasteiger partial charge on any atom is -0.493 e. The number of hydrogen-bond acceptors (Lipinski definition) is 4. The van der Waals surface area contributed by atoms with Crippen molar-refractivity contribution in [3.8, 4) is 11.5 Å². The largest absolute Gasteiger partial charge is 0.493 e. The van der Waals surface area contributed by atoms with Gasteiger partial charge in [-0.3, -0.25) is 4.90 Å². The molecule has 0 spiro atoms. The number of aliphatic hydroxyl groups excluding tert-OH is 1. The van der Waals surface area contributed by atoms with Crippen LogP contribution in [0.15, 0.2) is 48.5 Å². The third-order valence-corrected chi connectivity index (χ3v) is 6.01. The molecular formula is C25H35NO3. The van der Waals surface area contributed by atoms with Crippen LogP contribution in [-0.2, 0) is 6.54 Å². The summed E-state index contributed by atoms with van der Waals surface area (Å²) in [6.45, 7) is 12.9. The molecule has 1 aliphatic rings. The van der Waals surface area contributed by atoms with Gasteiger partial charge in [0.2, 0.25) is 0 Å². The maximum atomic E-state index is 10.7. The molecule has 4 nitrogen and oxygen atoms in total. The molecule has 1 aliphatic heterocycles. The van der Waals surface area contributed by atoms with Gasteiger partial charge in [0.15, 0.2) is 11.5 Å². The quantitative estimate of drug-likeness (QED) is 0.756. The molecule has 1 heterocycles. The molecule has 1 saturated heterocycles. The van der Waals surface area contributed by atoms with Gasteiger partial charge in [-0.2, -0.15) is 0 Å². The predicted molar refractivity (Wildman–Crippen MR) is 118 cm³/mol. The van der Waals surface area contributed by atoms with Gasteiger partial charge in [0, 0.05) is 31.0 Å². The summed E-state index contributed by atoms with van der Waals surface area (Å²) in [7, 11) is 1.67. The summed E-state index contributed by atoms with van der Waals surface area (Å²) in [4.78, 5) is 2.45. The first-order chi connectivity index (χ1) is 13.6. The van der Waals surface area contributed by atoms with E-state index in [1.165, 1.54) is 11.1 Å². The Kier molecular flexibility index (Phi) is 6.25. The molecule has 0 aliphatic carbocycles. The molecule has 158 valence electrons. The standard InChI is InChI=1S/C25H35NO3/c1-18(27)25(5)17-26(15-19-10-8-7-9-11-19)16-21(25)20-12-13-22(28-6)23(14-20)29-24(2,3)4/h7-14,18,21,27H,15-17H2,1-6H3/t18-,21?,25?/m1/s1. The van der Waals surface area contributed by atoms with E-state index in [4.69, 9.17) is 9.47 Å². The van der Waals surface area contributed by atoms with Crippen molar-refractivity contribution in [3.63, 3.8) is 0 Å². The first-order valence-corrected chi connectivity index (χ1v) is 10.4. The zero-order valence-electron chi connectivity index (χ0n) is 18.6. The first kappa shape index (κ1) is 21.7. The maximum Gasteiger partial charge on any atom is 0.162 e. The van der Waals surface area contributed by atoms with Gasteiger partial charge in [0.05, 0.1) is 13.2 Å². The van der Waals surface area contributed by atoms with Gasteiger partial charge in [0.1, 0.15) is 5.60 Å². The summed E-state index contributed by atoms with van der Waals surface area (Å²) < 4.78 is 11.7. The lowest BCUT2D eigenvalue weighted by Gasteiger charge is -2.34. The fourth-order valence-electron chi connectivity index (χ4n) is 4.31. The van der Waals surface area contributed by atoms with Crippen LogP contribution in [0.4, 0.5) is 0 Å². The molecule has 2 unspecified atom stereocenters. The van der Waals surface area contributed by atoms with Crippen molar-refractivity contribution in [2.75, 3.05) is 20.2 Å². The lowest BCUT2D eigenvalue weighted by Crippen LogP contribution is -2.37. The maximum absolute atomic E-state index is 10.7. The van der Waals surface area contributed by atoms with Crippen LogP contribution < -0.4 is 9.47 Å². The Hall–Kier alpha value is -2.04. The van der Waals surface area contributed by atoms with Crippen LogP contribution in [0.25, 0.3) is 0 Å². The van der Waals surface area contributed by atoms with Crippen LogP contribution in [0.1, 0.15) is 51.7 Å². The SMILES string of the molecule is COc1ccc(C2CN(Cc3ccccc3)CC2(C)[C@@H](C)O)cc1OC(C)(C)C. The van der Waals surface area contributed by atoms with Crippen LogP contribution in [0, 0.1) is 5.41 Å². The highest BCUT2D eigenvalue weighted by Gasteiger charge is 2.47. The molecule has 3 rings (SSSR count). The molecule has 29 heavy (non-hydrogen) atoms. The number of likely N-dealkylation sites (tertiary alicyclic amines) is 1.